The van der Waals surface area contributed by atoms with Gasteiger partial charge in [0.05, 0.1) is 17.5 Å². The molecule has 12 heteroatoms. The molecule has 2 aromatic heterocycles. The SMILES string of the molecule is CCNc1nc(Nc2cc(C3(C)CCCS3(=O)=O)nn2C2CC2)ncc1C(F)(F)F. The van der Waals surface area contributed by atoms with Crippen LogP contribution < -0.4 is 10.6 Å². The normalized spacial score (nSPS) is 23.5. The van der Waals surface area contributed by atoms with Crippen LogP contribution >= 0.6 is 0 Å². The Hall–Kier alpha value is -2.37. The molecule has 2 N–H and O–H groups in total. The molecule has 8 nitrogen and oxygen atoms in total. The van der Waals surface area contributed by atoms with Crippen molar-refractivity contribution in [2.75, 3.05) is 22.9 Å². The van der Waals surface area contributed by atoms with E-state index in [0.717, 1.165) is 19.0 Å². The van der Waals surface area contributed by atoms with Crippen LogP contribution in [-0.2, 0) is 20.8 Å². The fraction of sp³-hybridized carbons (Fsp3) is 0.611. The van der Waals surface area contributed by atoms with Crippen molar-refractivity contribution in [3.05, 3.63) is 23.5 Å². The first-order valence-corrected chi connectivity index (χ1v) is 11.5. The van der Waals surface area contributed by atoms with Crippen LogP contribution in [0.25, 0.3) is 0 Å². The molecule has 164 valence electrons. The van der Waals surface area contributed by atoms with Gasteiger partial charge in [-0.1, -0.05) is 0 Å². The maximum absolute atomic E-state index is 13.2. The summed E-state index contributed by atoms with van der Waals surface area (Å²) in [5.74, 6) is 0.256. The van der Waals surface area contributed by atoms with Gasteiger partial charge in [-0.2, -0.15) is 23.3 Å². The molecule has 1 saturated heterocycles. The number of hydrogen-bond acceptors (Lipinski definition) is 7. The highest BCUT2D eigenvalue weighted by Crippen LogP contribution is 2.44. The average molecular weight is 444 g/mol. The monoisotopic (exact) mass is 444 g/mol. The third-order valence-corrected chi connectivity index (χ3v) is 8.21. The molecule has 2 fully saturated rings. The predicted octanol–water partition coefficient (Wildman–Crippen LogP) is 3.63. The third kappa shape index (κ3) is 3.61. The fourth-order valence-corrected chi connectivity index (χ4v) is 5.53. The molecule has 0 radical (unpaired) electrons. The minimum Gasteiger partial charge on any atom is -0.370 e. The summed E-state index contributed by atoms with van der Waals surface area (Å²) in [6.07, 6.45) is -0.992. The summed E-state index contributed by atoms with van der Waals surface area (Å²) < 4.78 is 65.4. The van der Waals surface area contributed by atoms with E-state index in [-0.39, 0.29) is 30.1 Å². The average Bonchev–Trinajstić information content (AvgIpc) is 3.34. The Bertz CT molecular complexity index is 1060. The number of rotatable bonds is 6. The van der Waals surface area contributed by atoms with Crippen LogP contribution in [0.5, 0.6) is 0 Å². The summed E-state index contributed by atoms with van der Waals surface area (Å²) in [5.41, 5.74) is -0.510. The van der Waals surface area contributed by atoms with Gasteiger partial charge >= 0.3 is 6.18 Å². The predicted molar refractivity (Wildman–Crippen MR) is 105 cm³/mol. The van der Waals surface area contributed by atoms with Crippen LogP contribution in [0.3, 0.4) is 0 Å². The summed E-state index contributed by atoms with van der Waals surface area (Å²) in [4.78, 5) is 7.80. The topological polar surface area (TPSA) is 102 Å². The Labute approximate surface area is 172 Å². The number of sulfone groups is 1. The number of hydrogen-bond donors (Lipinski definition) is 2. The maximum atomic E-state index is 13.2. The zero-order valence-electron chi connectivity index (χ0n) is 16.6. The largest absolute Gasteiger partial charge is 0.421 e. The number of nitrogens with one attached hydrogen (secondary N) is 2. The Morgan fingerprint density at radius 3 is 2.63 bits per heavy atom. The molecule has 0 bridgehead atoms. The third-order valence-electron chi connectivity index (χ3n) is 5.60. The summed E-state index contributed by atoms with van der Waals surface area (Å²) in [6, 6.07) is 1.77. The summed E-state index contributed by atoms with van der Waals surface area (Å²) >= 11 is 0. The molecule has 1 unspecified atom stereocenters. The first kappa shape index (κ1) is 20.9. The molecule has 2 aromatic rings. The van der Waals surface area contributed by atoms with E-state index >= 15 is 0 Å². The van der Waals surface area contributed by atoms with Gasteiger partial charge in [-0.25, -0.2) is 18.1 Å². The maximum Gasteiger partial charge on any atom is 0.421 e. The Kier molecular flexibility index (Phi) is 4.94. The standard InChI is InChI=1S/C18H23F3N6O2S/c1-3-22-15-12(18(19,20)21)10-23-16(25-15)24-14-9-13(26-27(14)11-5-6-11)17(2)7-4-8-30(17,28)29/h9-11H,3-8H2,1-2H3,(H2,22,23,24,25). The van der Waals surface area contributed by atoms with E-state index in [9.17, 15) is 21.6 Å². The van der Waals surface area contributed by atoms with Gasteiger partial charge in [0.2, 0.25) is 5.95 Å². The first-order valence-electron chi connectivity index (χ1n) is 9.82. The molecule has 2 aliphatic rings. The van der Waals surface area contributed by atoms with Crippen molar-refractivity contribution in [1.82, 2.24) is 19.7 Å². The number of nitrogens with zero attached hydrogens (tertiary/aromatic N) is 4. The lowest BCUT2D eigenvalue weighted by Gasteiger charge is -2.19. The summed E-state index contributed by atoms with van der Waals surface area (Å²) in [6.45, 7) is 3.61. The molecular formula is C18H23F3N6O2S. The minimum absolute atomic E-state index is 0.0215. The lowest BCUT2D eigenvalue weighted by molar-refractivity contribution is -0.137. The van der Waals surface area contributed by atoms with Gasteiger partial charge in [-0.3, -0.25) is 0 Å². The number of anilines is 3. The molecule has 30 heavy (non-hydrogen) atoms. The first-order chi connectivity index (χ1) is 14.0. The highest BCUT2D eigenvalue weighted by Gasteiger charge is 2.47. The summed E-state index contributed by atoms with van der Waals surface area (Å²) in [5, 5.41) is 10.1. The summed E-state index contributed by atoms with van der Waals surface area (Å²) in [7, 11) is -3.33. The van der Waals surface area contributed by atoms with Crippen LogP contribution in [0.15, 0.2) is 12.3 Å². The molecule has 1 saturated carbocycles. The van der Waals surface area contributed by atoms with Crippen molar-refractivity contribution in [2.24, 2.45) is 0 Å². The van der Waals surface area contributed by atoms with Crippen molar-refractivity contribution >= 4 is 27.4 Å². The van der Waals surface area contributed by atoms with Crippen LogP contribution in [0.4, 0.5) is 30.8 Å². The molecular weight excluding hydrogens is 421 g/mol. The van der Waals surface area contributed by atoms with Gasteiger partial charge in [0, 0.05) is 18.8 Å². The van der Waals surface area contributed by atoms with Gasteiger partial charge < -0.3 is 10.6 Å². The van der Waals surface area contributed by atoms with E-state index in [1.807, 2.05) is 0 Å². The van der Waals surface area contributed by atoms with Gasteiger partial charge in [0.25, 0.3) is 0 Å². The molecule has 0 amide bonds. The molecule has 3 heterocycles. The van der Waals surface area contributed by atoms with Crippen molar-refractivity contribution in [3.63, 3.8) is 0 Å². The van der Waals surface area contributed by atoms with Crippen LogP contribution in [0.1, 0.15) is 56.8 Å². The lowest BCUT2D eigenvalue weighted by Crippen LogP contribution is -2.28. The van der Waals surface area contributed by atoms with Crippen molar-refractivity contribution in [3.8, 4) is 0 Å². The van der Waals surface area contributed by atoms with Crippen LogP contribution in [0.2, 0.25) is 0 Å². The second kappa shape index (κ2) is 7.10. The van der Waals surface area contributed by atoms with Gasteiger partial charge in [-0.05, 0) is 39.5 Å². The van der Waals surface area contributed by atoms with E-state index in [1.54, 1.807) is 24.6 Å². The van der Waals surface area contributed by atoms with Crippen molar-refractivity contribution in [1.29, 1.82) is 0 Å². The smallest absolute Gasteiger partial charge is 0.370 e. The van der Waals surface area contributed by atoms with E-state index in [2.05, 4.69) is 25.7 Å². The van der Waals surface area contributed by atoms with Crippen molar-refractivity contribution < 1.29 is 21.6 Å². The minimum atomic E-state index is -4.58. The quantitative estimate of drug-likeness (QED) is 0.702. The number of aromatic nitrogens is 4. The van der Waals surface area contributed by atoms with E-state index in [1.165, 1.54) is 0 Å². The highest BCUT2D eigenvalue weighted by molar-refractivity contribution is 7.92. The van der Waals surface area contributed by atoms with Gasteiger partial charge in [0.1, 0.15) is 21.9 Å². The Morgan fingerprint density at radius 1 is 1.33 bits per heavy atom. The van der Waals surface area contributed by atoms with E-state index in [4.69, 9.17) is 0 Å². The fourth-order valence-electron chi connectivity index (χ4n) is 3.68. The lowest BCUT2D eigenvalue weighted by atomic mass is 10.0. The molecule has 1 aliphatic carbocycles. The van der Waals surface area contributed by atoms with Crippen LogP contribution in [-0.4, -0.2) is 40.5 Å². The molecule has 1 atom stereocenters. The zero-order chi connectivity index (χ0) is 21.7. The number of halogens is 3. The van der Waals surface area contributed by atoms with E-state index < -0.39 is 26.3 Å². The van der Waals surface area contributed by atoms with Crippen LogP contribution in [0, 0.1) is 0 Å². The molecule has 4 rings (SSSR count). The zero-order valence-corrected chi connectivity index (χ0v) is 17.4. The van der Waals surface area contributed by atoms with Crippen molar-refractivity contribution in [2.45, 2.75) is 56.5 Å². The highest BCUT2D eigenvalue weighted by atomic mass is 32.2. The Balaban J connectivity index is 1.70. The Morgan fingerprint density at radius 2 is 2.07 bits per heavy atom. The second-order valence-electron chi connectivity index (χ2n) is 7.85. The number of alkyl halides is 3. The molecule has 0 aromatic carbocycles. The van der Waals surface area contributed by atoms with E-state index in [0.29, 0.717) is 24.4 Å². The molecule has 1 aliphatic heterocycles. The second-order valence-corrected chi connectivity index (χ2v) is 10.4. The molecule has 0 spiro atoms. The van der Waals surface area contributed by atoms with Gasteiger partial charge in [0.15, 0.2) is 9.84 Å². The van der Waals surface area contributed by atoms with Gasteiger partial charge in [-0.15, -0.1) is 0 Å².